The number of benzene rings is 1. The number of methoxy groups -OCH3 is 2. The van der Waals surface area contributed by atoms with Crippen molar-refractivity contribution in [3.63, 3.8) is 0 Å². The van der Waals surface area contributed by atoms with Gasteiger partial charge < -0.3 is 20.1 Å². The van der Waals surface area contributed by atoms with Crippen LogP contribution in [-0.4, -0.2) is 26.2 Å². The molecule has 0 spiro atoms. The predicted molar refractivity (Wildman–Crippen MR) is 70.4 cm³/mol. The zero-order chi connectivity index (χ0) is 13.3. The van der Waals surface area contributed by atoms with Gasteiger partial charge in [0.1, 0.15) is 6.04 Å². The fourth-order valence-electron chi connectivity index (χ4n) is 2.01. The second kappa shape index (κ2) is 4.76. The first-order valence-electron chi connectivity index (χ1n) is 5.90. The molecule has 1 aromatic carbocycles. The second-order valence-corrected chi connectivity index (χ2v) is 4.61. The third-order valence-corrected chi connectivity index (χ3v) is 3.04. The molecule has 0 aliphatic carbocycles. The van der Waals surface area contributed by atoms with E-state index in [9.17, 15) is 4.79 Å². The highest BCUT2D eigenvalue weighted by Crippen LogP contribution is 2.38. The Bertz CT molecular complexity index is 472. The number of nitrogens with one attached hydrogen (secondary N) is 2. The van der Waals surface area contributed by atoms with Crippen LogP contribution >= 0.6 is 0 Å². The standard InChI is InChI=1S/C13H18N2O3/c1-7(2)12-13(16)15-9-6-11(18-4)10(17-3)5-8(9)14-12/h5-7,12,14H,1-4H3,(H,15,16). The van der Waals surface area contributed by atoms with E-state index in [0.29, 0.717) is 11.5 Å². The molecule has 1 heterocycles. The number of rotatable bonds is 3. The van der Waals surface area contributed by atoms with Crippen molar-refractivity contribution in [2.24, 2.45) is 5.92 Å². The highest BCUT2D eigenvalue weighted by atomic mass is 16.5. The van der Waals surface area contributed by atoms with E-state index in [2.05, 4.69) is 10.6 Å². The first-order valence-corrected chi connectivity index (χ1v) is 5.90. The first-order chi connectivity index (χ1) is 8.56. The van der Waals surface area contributed by atoms with E-state index in [1.807, 2.05) is 19.9 Å². The van der Waals surface area contributed by atoms with Gasteiger partial charge in [-0.15, -0.1) is 0 Å². The summed E-state index contributed by atoms with van der Waals surface area (Å²) < 4.78 is 10.5. The van der Waals surface area contributed by atoms with Crippen molar-refractivity contribution in [3.05, 3.63) is 12.1 Å². The summed E-state index contributed by atoms with van der Waals surface area (Å²) in [6.45, 7) is 4.01. The summed E-state index contributed by atoms with van der Waals surface area (Å²) in [6, 6.07) is 3.37. The lowest BCUT2D eigenvalue weighted by atomic mass is 10.0. The van der Waals surface area contributed by atoms with Crippen molar-refractivity contribution in [2.45, 2.75) is 19.9 Å². The van der Waals surface area contributed by atoms with E-state index in [0.717, 1.165) is 11.4 Å². The lowest BCUT2D eigenvalue weighted by Crippen LogP contribution is -2.42. The number of amides is 1. The Morgan fingerprint density at radius 1 is 1.11 bits per heavy atom. The maximum atomic E-state index is 11.9. The summed E-state index contributed by atoms with van der Waals surface area (Å²) in [4.78, 5) is 11.9. The SMILES string of the molecule is COc1cc2c(cc1OC)NC(C(C)C)C(=O)N2. The van der Waals surface area contributed by atoms with Crippen LogP contribution in [0.15, 0.2) is 12.1 Å². The van der Waals surface area contributed by atoms with E-state index >= 15 is 0 Å². The fourth-order valence-corrected chi connectivity index (χ4v) is 2.01. The van der Waals surface area contributed by atoms with E-state index in [1.54, 1.807) is 20.3 Å². The average molecular weight is 250 g/mol. The molecule has 1 aliphatic heterocycles. The van der Waals surface area contributed by atoms with Crippen LogP contribution in [0.2, 0.25) is 0 Å². The van der Waals surface area contributed by atoms with Crippen molar-refractivity contribution in [1.82, 2.24) is 0 Å². The predicted octanol–water partition coefficient (Wildman–Crippen LogP) is 2.09. The van der Waals surface area contributed by atoms with Gasteiger partial charge in [0.25, 0.3) is 0 Å². The number of hydrogen-bond donors (Lipinski definition) is 2. The van der Waals surface area contributed by atoms with Crippen molar-refractivity contribution in [1.29, 1.82) is 0 Å². The molecular weight excluding hydrogens is 232 g/mol. The van der Waals surface area contributed by atoms with E-state index in [-0.39, 0.29) is 17.9 Å². The smallest absolute Gasteiger partial charge is 0.247 e. The fraction of sp³-hybridized carbons (Fsp3) is 0.462. The van der Waals surface area contributed by atoms with E-state index in [1.165, 1.54) is 0 Å². The zero-order valence-electron chi connectivity index (χ0n) is 11.0. The Morgan fingerprint density at radius 3 is 2.17 bits per heavy atom. The van der Waals surface area contributed by atoms with Gasteiger partial charge in [-0.3, -0.25) is 4.79 Å². The first kappa shape index (κ1) is 12.5. The molecule has 0 saturated carbocycles. The van der Waals surface area contributed by atoms with Crippen molar-refractivity contribution >= 4 is 17.3 Å². The van der Waals surface area contributed by atoms with Crippen LogP contribution in [0.1, 0.15) is 13.8 Å². The number of hydrogen-bond acceptors (Lipinski definition) is 4. The molecule has 1 amide bonds. The summed E-state index contributed by atoms with van der Waals surface area (Å²) in [7, 11) is 3.16. The van der Waals surface area contributed by atoms with Crippen LogP contribution in [0.5, 0.6) is 11.5 Å². The largest absolute Gasteiger partial charge is 0.493 e. The number of anilines is 2. The van der Waals surface area contributed by atoms with E-state index < -0.39 is 0 Å². The molecule has 2 N–H and O–H groups in total. The van der Waals surface area contributed by atoms with Gasteiger partial charge in [0.05, 0.1) is 25.6 Å². The van der Waals surface area contributed by atoms with Crippen LogP contribution < -0.4 is 20.1 Å². The van der Waals surface area contributed by atoms with Gasteiger partial charge in [0, 0.05) is 12.1 Å². The number of carbonyl (C=O) groups is 1. The summed E-state index contributed by atoms with van der Waals surface area (Å²) in [6.07, 6.45) is 0. The molecule has 1 aromatic rings. The minimum Gasteiger partial charge on any atom is -0.493 e. The molecule has 0 fully saturated rings. The molecule has 98 valence electrons. The summed E-state index contributed by atoms with van der Waals surface area (Å²) in [5.74, 6) is 1.43. The maximum Gasteiger partial charge on any atom is 0.247 e. The van der Waals surface area contributed by atoms with Crippen LogP contribution in [0.25, 0.3) is 0 Å². The summed E-state index contributed by atoms with van der Waals surface area (Å²) >= 11 is 0. The Kier molecular flexibility index (Phi) is 3.32. The second-order valence-electron chi connectivity index (χ2n) is 4.61. The Hall–Kier alpha value is -1.91. The molecule has 2 rings (SSSR count). The molecule has 1 atom stereocenters. The highest BCUT2D eigenvalue weighted by molar-refractivity contribution is 6.03. The Labute approximate surface area is 106 Å². The van der Waals surface area contributed by atoms with Crippen LogP contribution in [0.3, 0.4) is 0 Å². The highest BCUT2D eigenvalue weighted by Gasteiger charge is 2.29. The molecule has 0 radical (unpaired) electrons. The lowest BCUT2D eigenvalue weighted by molar-refractivity contribution is -0.117. The minimum atomic E-state index is -0.226. The topological polar surface area (TPSA) is 59.6 Å². The molecular formula is C13H18N2O3. The molecule has 1 aliphatic rings. The molecule has 1 unspecified atom stereocenters. The molecule has 0 bridgehead atoms. The van der Waals surface area contributed by atoms with Crippen LogP contribution in [0.4, 0.5) is 11.4 Å². The molecule has 18 heavy (non-hydrogen) atoms. The number of ether oxygens (including phenoxy) is 2. The third kappa shape index (κ3) is 2.08. The summed E-state index contributed by atoms with van der Waals surface area (Å²) in [5, 5.41) is 6.10. The minimum absolute atomic E-state index is 0.0234. The van der Waals surface area contributed by atoms with E-state index in [4.69, 9.17) is 9.47 Å². The van der Waals surface area contributed by atoms with Gasteiger partial charge in [0.2, 0.25) is 5.91 Å². The third-order valence-electron chi connectivity index (χ3n) is 3.04. The molecule has 0 aromatic heterocycles. The van der Waals surface area contributed by atoms with Gasteiger partial charge in [-0.05, 0) is 5.92 Å². The number of carbonyl (C=O) groups excluding carboxylic acids is 1. The van der Waals surface area contributed by atoms with Crippen molar-refractivity contribution in [2.75, 3.05) is 24.9 Å². The quantitative estimate of drug-likeness (QED) is 0.862. The van der Waals surface area contributed by atoms with Gasteiger partial charge in [-0.2, -0.15) is 0 Å². The molecule has 5 heteroatoms. The lowest BCUT2D eigenvalue weighted by Gasteiger charge is -2.29. The summed E-state index contributed by atoms with van der Waals surface area (Å²) in [5.41, 5.74) is 1.57. The van der Waals surface area contributed by atoms with Crippen LogP contribution in [0, 0.1) is 5.92 Å². The van der Waals surface area contributed by atoms with Gasteiger partial charge in [-0.1, -0.05) is 13.8 Å². The van der Waals surface area contributed by atoms with Gasteiger partial charge in [-0.25, -0.2) is 0 Å². The van der Waals surface area contributed by atoms with Gasteiger partial charge >= 0.3 is 0 Å². The molecule has 5 nitrogen and oxygen atoms in total. The maximum absolute atomic E-state index is 11.9. The molecule has 0 saturated heterocycles. The van der Waals surface area contributed by atoms with Crippen molar-refractivity contribution in [3.8, 4) is 11.5 Å². The average Bonchev–Trinajstić information content (AvgIpc) is 2.36. The Balaban J connectivity index is 2.40. The normalized spacial score (nSPS) is 17.8. The van der Waals surface area contributed by atoms with Gasteiger partial charge in [0.15, 0.2) is 11.5 Å². The van der Waals surface area contributed by atoms with Crippen LogP contribution in [-0.2, 0) is 4.79 Å². The zero-order valence-corrected chi connectivity index (χ0v) is 11.0. The Morgan fingerprint density at radius 2 is 1.67 bits per heavy atom. The number of fused-ring (bicyclic) bond motifs is 1. The monoisotopic (exact) mass is 250 g/mol. The van der Waals surface area contributed by atoms with Crippen molar-refractivity contribution < 1.29 is 14.3 Å².